The number of amides is 2. The Bertz CT molecular complexity index is 551. The lowest BCUT2D eigenvalue weighted by Crippen LogP contribution is -2.46. The average molecular weight is 278 g/mol. The van der Waals surface area contributed by atoms with E-state index < -0.39 is 18.0 Å². The molecule has 2 heterocycles. The number of carbonyl (C=O) groups excluding carboxylic acids is 1. The van der Waals surface area contributed by atoms with Crippen LogP contribution in [-0.2, 0) is 17.8 Å². The van der Waals surface area contributed by atoms with Gasteiger partial charge in [-0.05, 0) is 0 Å². The highest BCUT2D eigenvalue weighted by Gasteiger charge is 2.20. The zero-order chi connectivity index (χ0) is 14.4. The van der Waals surface area contributed by atoms with Gasteiger partial charge in [-0.25, -0.2) is 14.6 Å². The minimum absolute atomic E-state index is 0.133. The Morgan fingerprint density at radius 2 is 2.25 bits per heavy atom. The number of carboxylic acid groups (broad SMARTS) is 1. The number of hydrogen-bond donors (Lipinski definition) is 5. The lowest BCUT2D eigenvalue weighted by atomic mass is 10.2. The van der Waals surface area contributed by atoms with Gasteiger partial charge in [0.05, 0.1) is 12.5 Å². The first-order valence-corrected chi connectivity index (χ1v) is 5.87. The number of aromatic amines is 2. The van der Waals surface area contributed by atoms with Crippen LogP contribution in [0.25, 0.3) is 0 Å². The van der Waals surface area contributed by atoms with E-state index in [-0.39, 0.29) is 13.0 Å². The second kappa shape index (κ2) is 6.36. The number of imidazole rings is 1. The number of carbonyl (C=O) groups is 2. The van der Waals surface area contributed by atoms with Gasteiger partial charge in [-0.15, -0.1) is 0 Å². The van der Waals surface area contributed by atoms with E-state index in [4.69, 9.17) is 5.11 Å². The third-order valence-electron chi connectivity index (χ3n) is 2.59. The number of nitrogens with zero attached hydrogens (tertiary/aromatic N) is 2. The molecule has 1 atom stereocenters. The van der Waals surface area contributed by atoms with Gasteiger partial charge in [-0.3, -0.25) is 5.10 Å². The Hall–Kier alpha value is -2.84. The molecule has 0 unspecified atom stereocenters. The van der Waals surface area contributed by atoms with Gasteiger partial charge < -0.3 is 20.7 Å². The topological polar surface area (TPSA) is 136 Å². The molecule has 2 rings (SSSR count). The summed E-state index contributed by atoms with van der Waals surface area (Å²) >= 11 is 0. The van der Waals surface area contributed by atoms with Gasteiger partial charge in [-0.2, -0.15) is 5.10 Å². The van der Waals surface area contributed by atoms with E-state index >= 15 is 0 Å². The van der Waals surface area contributed by atoms with Crippen LogP contribution in [0, 0.1) is 0 Å². The lowest BCUT2D eigenvalue weighted by Gasteiger charge is -2.14. The number of aromatic nitrogens is 4. The van der Waals surface area contributed by atoms with Crippen LogP contribution in [0.4, 0.5) is 4.79 Å². The predicted molar refractivity (Wildman–Crippen MR) is 67.7 cm³/mol. The zero-order valence-electron chi connectivity index (χ0n) is 10.5. The molecular weight excluding hydrogens is 264 g/mol. The molecule has 2 aromatic rings. The minimum atomic E-state index is -1.11. The fraction of sp³-hybridized carbons (Fsp3) is 0.273. The van der Waals surface area contributed by atoms with Gasteiger partial charge in [0.1, 0.15) is 6.04 Å². The maximum absolute atomic E-state index is 11.6. The second-order valence-corrected chi connectivity index (χ2v) is 4.11. The molecule has 2 amide bonds. The maximum Gasteiger partial charge on any atom is 0.326 e. The van der Waals surface area contributed by atoms with Gasteiger partial charge in [0, 0.05) is 36.6 Å². The normalized spacial score (nSPS) is 11.8. The SMILES string of the molecule is O=C(NCc1cn[nH]c1)N[C@@H](Cc1cnc[nH]1)C(=O)O. The monoisotopic (exact) mass is 278 g/mol. The number of carboxylic acids is 1. The fourth-order valence-corrected chi connectivity index (χ4v) is 1.58. The first-order valence-electron chi connectivity index (χ1n) is 5.87. The summed E-state index contributed by atoms with van der Waals surface area (Å²) in [6.45, 7) is 0.263. The molecule has 0 radical (unpaired) electrons. The zero-order valence-corrected chi connectivity index (χ0v) is 10.5. The molecule has 0 aromatic carbocycles. The Kier molecular flexibility index (Phi) is 4.32. The molecule has 9 nitrogen and oxygen atoms in total. The van der Waals surface area contributed by atoms with Crippen LogP contribution in [0.15, 0.2) is 24.9 Å². The standard InChI is InChI=1S/C11H14N6O3/c18-10(19)9(1-8-5-12-6-14-8)17-11(20)13-2-7-3-15-16-4-7/h3-6,9H,1-2H2,(H,12,14)(H,15,16)(H,18,19)(H2,13,17,20)/t9-/m0/s1. The van der Waals surface area contributed by atoms with Crippen molar-refractivity contribution in [2.24, 2.45) is 0 Å². The van der Waals surface area contributed by atoms with Crippen molar-refractivity contribution < 1.29 is 14.7 Å². The van der Waals surface area contributed by atoms with Crippen LogP contribution in [0.2, 0.25) is 0 Å². The second-order valence-electron chi connectivity index (χ2n) is 4.11. The molecule has 0 aliphatic heterocycles. The summed E-state index contributed by atoms with van der Waals surface area (Å²) in [4.78, 5) is 29.3. The number of H-pyrrole nitrogens is 2. The summed E-state index contributed by atoms with van der Waals surface area (Å²) in [6, 6.07) is -1.59. The van der Waals surface area contributed by atoms with Gasteiger partial charge in [0.2, 0.25) is 0 Å². The van der Waals surface area contributed by atoms with Gasteiger partial charge in [-0.1, -0.05) is 0 Å². The highest BCUT2D eigenvalue weighted by molar-refractivity contribution is 5.82. The third-order valence-corrected chi connectivity index (χ3v) is 2.59. The van der Waals surface area contributed by atoms with Crippen molar-refractivity contribution >= 4 is 12.0 Å². The van der Waals surface area contributed by atoms with Crippen LogP contribution in [0.3, 0.4) is 0 Å². The van der Waals surface area contributed by atoms with Crippen LogP contribution in [0.5, 0.6) is 0 Å². The highest BCUT2D eigenvalue weighted by atomic mass is 16.4. The number of hydrogen-bond acceptors (Lipinski definition) is 4. The molecule has 5 N–H and O–H groups in total. The van der Waals surface area contributed by atoms with Crippen LogP contribution in [-0.4, -0.2) is 43.3 Å². The average Bonchev–Trinajstić information content (AvgIpc) is 3.08. The Balaban J connectivity index is 1.84. The largest absolute Gasteiger partial charge is 0.480 e. The van der Waals surface area contributed by atoms with Crippen LogP contribution >= 0.6 is 0 Å². The van der Waals surface area contributed by atoms with E-state index in [0.29, 0.717) is 5.69 Å². The number of rotatable bonds is 6. The summed E-state index contributed by atoms with van der Waals surface area (Å²) in [5.74, 6) is -1.11. The lowest BCUT2D eigenvalue weighted by molar-refractivity contribution is -0.139. The fourth-order valence-electron chi connectivity index (χ4n) is 1.58. The molecule has 106 valence electrons. The van der Waals surface area contributed by atoms with E-state index in [1.54, 1.807) is 12.4 Å². The summed E-state index contributed by atoms with van der Waals surface area (Å²) < 4.78 is 0. The molecule has 0 fully saturated rings. The van der Waals surface area contributed by atoms with E-state index in [0.717, 1.165) is 5.56 Å². The first kappa shape index (κ1) is 13.6. The molecule has 0 bridgehead atoms. The van der Waals surface area contributed by atoms with Crippen molar-refractivity contribution in [3.8, 4) is 0 Å². The molecule has 0 saturated carbocycles. The van der Waals surface area contributed by atoms with E-state index in [2.05, 4.69) is 30.8 Å². The Morgan fingerprint density at radius 1 is 1.40 bits per heavy atom. The van der Waals surface area contributed by atoms with Crippen LogP contribution < -0.4 is 10.6 Å². The van der Waals surface area contributed by atoms with Gasteiger partial charge in [0.25, 0.3) is 0 Å². The number of urea groups is 1. The first-order chi connectivity index (χ1) is 9.65. The molecular formula is C11H14N6O3. The predicted octanol–water partition coefficient (Wildman–Crippen LogP) is -0.372. The smallest absolute Gasteiger partial charge is 0.326 e. The van der Waals surface area contributed by atoms with Crippen molar-refractivity contribution in [1.29, 1.82) is 0 Å². The summed E-state index contributed by atoms with van der Waals surface area (Å²) in [5, 5.41) is 20.4. The summed E-state index contributed by atoms with van der Waals surface area (Å²) in [5.41, 5.74) is 1.42. The van der Waals surface area contributed by atoms with Crippen LogP contribution in [0.1, 0.15) is 11.3 Å². The summed E-state index contributed by atoms with van der Waals surface area (Å²) in [6.07, 6.45) is 6.31. The minimum Gasteiger partial charge on any atom is -0.480 e. The van der Waals surface area contributed by atoms with E-state index in [1.165, 1.54) is 12.5 Å². The van der Waals surface area contributed by atoms with Crippen molar-refractivity contribution in [2.75, 3.05) is 0 Å². The van der Waals surface area contributed by atoms with Crippen molar-refractivity contribution in [3.63, 3.8) is 0 Å². The quantitative estimate of drug-likeness (QED) is 0.491. The van der Waals surface area contributed by atoms with Gasteiger partial charge >= 0.3 is 12.0 Å². The number of aliphatic carboxylic acids is 1. The maximum atomic E-state index is 11.6. The molecule has 0 saturated heterocycles. The molecule has 2 aromatic heterocycles. The molecule has 0 aliphatic rings. The molecule has 0 spiro atoms. The third kappa shape index (κ3) is 3.83. The molecule has 9 heteroatoms. The molecule has 20 heavy (non-hydrogen) atoms. The highest BCUT2D eigenvalue weighted by Crippen LogP contribution is 1.99. The van der Waals surface area contributed by atoms with Crippen molar-refractivity contribution in [3.05, 3.63) is 36.2 Å². The van der Waals surface area contributed by atoms with Gasteiger partial charge in [0.15, 0.2) is 0 Å². The Morgan fingerprint density at radius 3 is 2.85 bits per heavy atom. The van der Waals surface area contributed by atoms with Crippen molar-refractivity contribution in [1.82, 2.24) is 30.8 Å². The van der Waals surface area contributed by atoms with Crippen molar-refractivity contribution in [2.45, 2.75) is 19.0 Å². The Labute approximate surface area is 113 Å². The van der Waals surface area contributed by atoms with E-state index in [9.17, 15) is 9.59 Å². The number of nitrogens with one attached hydrogen (secondary N) is 4. The molecule has 0 aliphatic carbocycles. The van der Waals surface area contributed by atoms with E-state index in [1.807, 2.05) is 0 Å². The summed E-state index contributed by atoms with van der Waals surface area (Å²) in [7, 11) is 0.